The number of anilines is 1. The Labute approximate surface area is 231 Å². The van der Waals surface area contributed by atoms with Gasteiger partial charge in [0, 0.05) is 26.6 Å². The minimum absolute atomic E-state index is 0.101. The Kier molecular flexibility index (Phi) is 8.02. The van der Waals surface area contributed by atoms with Gasteiger partial charge in [0.2, 0.25) is 11.7 Å². The Morgan fingerprint density at radius 3 is 2.23 bits per heavy atom. The van der Waals surface area contributed by atoms with Crippen molar-refractivity contribution in [3.05, 3.63) is 71.8 Å². The van der Waals surface area contributed by atoms with Crippen LogP contribution in [0.2, 0.25) is 0 Å². The number of nitrogens with zero attached hydrogens (tertiary/aromatic N) is 3. The number of para-hydroxylation sites is 1. The molecule has 1 aliphatic heterocycles. The Morgan fingerprint density at radius 1 is 1.00 bits per heavy atom. The van der Waals surface area contributed by atoms with Crippen molar-refractivity contribution >= 4 is 33.3 Å². The Hall–Kier alpha value is -3.46. The van der Waals surface area contributed by atoms with Gasteiger partial charge in [0.25, 0.3) is 15.9 Å². The van der Waals surface area contributed by atoms with Crippen LogP contribution in [0.25, 0.3) is 0 Å². The molecule has 0 unspecified atom stereocenters. The van der Waals surface area contributed by atoms with Crippen molar-refractivity contribution in [2.45, 2.75) is 69.9 Å². The number of Topliss-reactive ketones (excluding diaryl/α,β-unsaturated/α-hetero) is 1. The molecule has 9 heteroatoms. The van der Waals surface area contributed by atoms with Crippen LogP contribution in [0, 0.1) is 6.92 Å². The van der Waals surface area contributed by atoms with Crippen LogP contribution >= 0.6 is 0 Å². The highest BCUT2D eigenvalue weighted by Gasteiger charge is 2.65. The van der Waals surface area contributed by atoms with Gasteiger partial charge in [-0.25, -0.2) is 8.42 Å². The normalized spacial score (nSPS) is 21.7. The first-order chi connectivity index (χ1) is 18.6. The van der Waals surface area contributed by atoms with Crippen molar-refractivity contribution < 1.29 is 22.8 Å². The van der Waals surface area contributed by atoms with Gasteiger partial charge in [-0.3, -0.25) is 18.7 Å². The van der Waals surface area contributed by atoms with Crippen molar-refractivity contribution in [3.8, 4) is 0 Å². The smallest absolute Gasteiger partial charge is 0.291 e. The highest BCUT2D eigenvalue weighted by molar-refractivity contribution is 7.93. The minimum atomic E-state index is -4.13. The summed E-state index contributed by atoms with van der Waals surface area (Å²) in [5, 5.41) is 0. The second kappa shape index (κ2) is 11.0. The fourth-order valence-corrected chi connectivity index (χ4v) is 7.83. The number of hydrogen-bond donors (Lipinski definition) is 0. The molecule has 8 nitrogen and oxygen atoms in total. The maximum Gasteiger partial charge on any atom is 0.291 e. The predicted octanol–water partition coefficient (Wildman–Crippen LogP) is 3.83. The molecule has 0 aromatic heterocycles. The van der Waals surface area contributed by atoms with Crippen LogP contribution in [0.4, 0.5) is 5.69 Å². The maximum absolute atomic E-state index is 14.6. The number of aryl methyl sites for hydroxylation is 1. The molecule has 2 aromatic rings. The lowest BCUT2D eigenvalue weighted by molar-refractivity contribution is -0.150. The van der Waals surface area contributed by atoms with Gasteiger partial charge < -0.3 is 9.80 Å². The summed E-state index contributed by atoms with van der Waals surface area (Å²) in [6, 6.07) is 11.7. The molecule has 0 spiro atoms. The first-order valence-corrected chi connectivity index (χ1v) is 15.0. The fraction of sp³-hybridized carbons (Fsp3) is 0.433. The summed E-state index contributed by atoms with van der Waals surface area (Å²) >= 11 is 0. The van der Waals surface area contributed by atoms with Crippen molar-refractivity contribution in [3.63, 3.8) is 0 Å². The summed E-state index contributed by atoms with van der Waals surface area (Å²) in [7, 11) is -4.13. The number of likely N-dealkylation sites (N-methyl/N-ethyl adjacent to an activating group) is 1. The number of fused-ring (bicyclic) bond motifs is 3. The summed E-state index contributed by atoms with van der Waals surface area (Å²) in [5.74, 6) is -1.61. The van der Waals surface area contributed by atoms with Gasteiger partial charge >= 0.3 is 0 Å². The van der Waals surface area contributed by atoms with Crippen molar-refractivity contribution in [2.75, 3.05) is 23.9 Å². The molecule has 0 saturated heterocycles. The molecule has 1 aliphatic carbocycles. The second-order valence-electron chi connectivity index (χ2n) is 10.1. The molecule has 1 heterocycles. The lowest BCUT2D eigenvalue weighted by Gasteiger charge is -2.48. The molecule has 208 valence electrons. The lowest BCUT2D eigenvalue weighted by Crippen LogP contribution is -2.66. The van der Waals surface area contributed by atoms with Gasteiger partial charge in [-0.1, -0.05) is 55.0 Å². The van der Waals surface area contributed by atoms with Gasteiger partial charge in [0.15, 0.2) is 0 Å². The number of hydrogen-bond acceptors (Lipinski definition) is 5. The number of amides is 2. The first kappa shape index (κ1) is 28.5. The molecule has 39 heavy (non-hydrogen) atoms. The zero-order chi connectivity index (χ0) is 28.5. The Bertz CT molecular complexity index is 1400. The molecule has 2 amide bonds. The van der Waals surface area contributed by atoms with Crippen LogP contribution in [0.15, 0.2) is 65.6 Å². The molecule has 2 aromatic carbocycles. The average Bonchev–Trinajstić information content (AvgIpc) is 3.24. The van der Waals surface area contributed by atoms with E-state index in [0.717, 1.165) is 5.56 Å². The molecule has 0 radical (unpaired) electrons. The second-order valence-corrected chi connectivity index (χ2v) is 12.0. The van der Waals surface area contributed by atoms with Gasteiger partial charge in [-0.2, -0.15) is 0 Å². The van der Waals surface area contributed by atoms with E-state index in [2.05, 4.69) is 0 Å². The van der Waals surface area contributed by atoms with Crippen LogP contribution < -0.4 is 4.31 Å². The molecule has 4 rings (SSSR count). The van der Waals surface area contributed by atoms with E-state index in [-0.39, 0.29) is 17.2 Å². The highest BCUT2D eigenvalue weighted by atomic mass is 32.2. The number of ketones is 1. The summed E-state index contributed by atoms with van der Waals surface area (Å²) in [5.41, 5.74) is 0.122. The molecule has 2 aliphatic rings. The molecule has 0 N–H and O–H groups in total. The first-order valence-electron chi connectivity index (χ1n) is 13.5. The summed E-state index contributed by atoms with van der Waals surface area (Å²) in [6.45, 7) is 9.89. The molecular formula is C30H37N3O5S. The van der Waals surface area contributed by atoms with E-state index in [9.17, 15) is 22.8 Å². The highest BCUT2D eigenvalue weighted by Crippen LogP contribution is 2.54. The topological polar surface area (TPSA) is 95.1 Å². The van der Waals surface area contributed by atoms with E-state index >= 15 is 0 Å². The van der Waals surface area contributed by atoms with E-state index < -0.39 is 39.2 Å². The predicted molar refractivity (Wildman–Crippen MR) is 151 cm³/mol. The third kappa shape index (κ3) is 4.46. The van der Waals surface area contributed by atoms with Gasteiger partial charge in [0.1, 0.15) is 5.41 Å². The Morgan fingerprint density at radius 2 is 1.64 bits per heavy atom. The van der Waals surface area contributed by atoms with Crippen LogP contribution in [-0.2, 0) is 29.8 Å². The number of benzene rings is 2. The van der Waals surface area contributed by atoms with Crippen molar-refractivity contribution in [2.24, 2.45) is 0 Å². The summed E-state index contributed by atoms with van der Waals surface area (Å²) in [6.07, 6.45) is 4.49. The van der Waals surface area contributed by atoms with Crippen LogP contribution in [-0.4, -0.2) is 67.5 Å². The summed E-state index contributed by atoms with van der Waals surface area (Å²) in [4.78, 5) is 44.6. The summed E-state index contributed by atoms with van der Waals surface area (Å²) < 4.78 is 29.9. The fourth-order valence-electron chi connectivity index (χ4n) is 6.12. The maximum atomic E-state index is 14.6. The van der Waals surface area contributed by atoms with E-state index in [1.165, 1.54) is 16.1 Å². The minimum Gasteiger partial charge on any atom is -0.337 e. The molecule has 3 atom stereocenters. The quantitative estimate of drug-likeness (QED) is 0.349. The number of carbonyl (C=O) groups excluding carboxylic acids is 3. The molecule has 0 bridgehead atoms. The van der Waals surface area contributed by atoms with Crippen molar-refractivity contribution in [1.29, 1.82) is 0 Å². The van der Waals surface area contributed by atoms with Crippen LogP contribution in [0.1, 0.15) is 51.7 Å². The number of rotatable bonds is 9. The van der Waals surface area contributed by atoms with E-state index in [4.69, 9.17) is 0 Å². The average molecular weight is 552 g/mol. The van der Waals surface area contributed by atoms with Crippen molar-refractivity contribution in [1.82, 2.24) is 9.80 Å². The van der Waals surface area contributed by atoms with E-state index in [1.807, 2.05) is 19.9 Å². The molecule has 0 fully saturated rings. The number of sulfonamides is 1. The third-order valence-corrected chi connectivity index (χ3v) is 9.78. The monoisotopic (exact) mass is 551 g/mol. The van der Waals surface area contributed by atoms with E-state index in [1.54, 1.807) is 73.4 Å². The molecular weight excluding hydrogens is 514 g/mol. The Balaban J connectivity index is 2.04. The number of carbonyl (C=O) groups is 3. The SMILES string of the molecule is CCCN(C(C)=O)[C@H]1C=CC[C@@H]2N(S(=O)(=O)c3ccc(C)cc3)c3ccccc3[C@]12C(=O)C(=O)N(CC)CC. The lowest BCUT2D eigenvalue weighted by atomic mass is 9.63. The zero-order valence-electron chi connectivity index (χ0n) is 23.3. The van der Waals surface area contributed by atoms with Gasteiger partial charge in [-0.15, -0.1) is 0 Å². The molecule has 0 saturated carbocycles. The standard InChI is InChI=1S/C30H37N3O5S/c1-6-20-32(22(5)34)26-14-11-15-27-30(26,28(35)29(36)31(7-2)8-3)24-12-9-10-13-25(24)33(27)39(37,38)23-18-16-21(4)17-19-23/h9-14,16-19,26-27H,6-8,15,20H2,1-5H3/t26-,27-,30-/m0/s1. The van der Waals surface area contributed by atoms with Gasteiger partial charge in [0.05, 0.1) is 22.7 Å². The third-order valence-electron chi connectivity index (χ3n) is 7.94. The zero-order valence-corrected chi connectivity index (χ0v) is 24.1. The largest absolute Gasteiger partial charge is 0.337 e. The van der Waals surface area contributed by atoms with Gasteiger partial charge in [-0.05, 0) is 57.4 Å². The van der Waals surface area contributed by atoms with E-state index in [0.29, 0.717) is 37.3 Å². The van der Waals surface area contributed by atoms with Crippen LogP contribution in [0.5, 0.6) is 0 Å². The van der Waals surface area contributed by atoms with Crippen LogP contribution in [0.3, 0.4) is 0 Å².